The second-order valence-corrected chi connectivity index (χ2v) is 6.91. The molecule has 21 heavy (non-hydrogen) atoms. The molecule has 2 unspecified atom stereocenters. The van der Waals surface area contributed by atoms with Gasteiger partial charge in [0.1, 0.15) is 0 Å². The molecular formula is C16H25N3OS. The van der Waals surface area contributed by atoms with Gasteiger partial charge in [-0.3, -0.25) is 9.69 Å². The molecule has 0 radical (unpaired) electrons. The first-order chi connectivity index (χ1) is 10.1. The zero-order valence-corrected chi connectivity index (χ0v) is 13.7. The number of hydrogen-bond acceptors (Lipinski definition) is 4. The van der Waals surface area contributed by atoms with Crippen LogP contribution in [0.4, 0.5) is 5.69 Å². The Morgan fingerprint density at radius 2 is 2.00 bits per heavy atom. The number of anilines is 1. The summed E-state index contributed by atoms with van der Waals surface area (Å²) in [6.07, 6.45) is 0. The van der Waals surface area contributed by atoms with Crippen molar-refractivity contribution in [2.24, 2.45) is 11.7 Å². The van der Waals surface area contributed by atoms with Gasteiger partial charge in [0, 0.05) is 42.9 Å². The Morgan fingerprint density at radius 3 is 2.67 bits per heavy atom. The van der Waals surface area contributed by atoms with Gasteiger partial charge in [-0.25, -0.2) is 0 Å². The van der Waals surface area contributed by atoms with Crippen molar-refractivity contribution in [3.8, 4) is 0 Å². The molecule has 5 heteroatoms. The maximum atomic E-state index is 12.2. The largest absolute Gasteiger partial charge is 0.327 e. The van der Waals surface area contributed by atoms with Crippen LogP contribution in [0.2, 0.25) is 0 Å². The molecule has 2 atom stereocenters. The molecule has 0 spiro atoms. The lowest BCUT2D eigenvalue weighted by molar-refractivity contribution is -0.119. The van der Waals surface area contributed by atoms with Crippen LogP contribution in [-0.2, 0) is 11.3 Å². The molecule has 0 saturated carbocycles. The molecule has 1 aliphatic rings. The molecule has 0 bridgehead atoms. The monoisotopic (exact) mass is 307 g/mol. The number of nitrogens with one attached hydrogen (secondary N) is 1. The number of hydrogen-bond donors (Lipinski definition) is 2. The molecule has 1 heterocycles. The normalized spacial score (nSPS) is 19.0. The minimum Gasteiger partial charge on any atom is -0.327 e. The number of carbonyl (C=O) groups excluding carboxylic acids is 1. The van der Waals surface area contributed by atoms with Crippen molar-refractivity contribution in [2.75, 3.05) is 29.9 Å². The number of thioether (sulfide) groups is 1. The third-order valence-electron chi connectivity index (χ3n) is 3.98. The fraction of sp³-hybridized carbons (Fsp3) is 0.562. The summed E-state index contributed by atoms with van der Waals surface area (Å²) in [5.74, 6) is 2.18. The van der Waals surface area contributed by atoms with E-state index < -0.39 is 0 Å². The van der Waals surface area contributed by atoms with Gasteiger partial charge in [0.2, 0.25) is 5.91 Å². The molecule has 3 N–H and O–H groups in total. The molecule has 2 rings (SSSR count). The first-order valence-corrected chi connectivity index (χ1v) is 8.68. The van der Waals surface area contributed by atoms with Crippen LogP contribution >= 0.6 is 11.8 Å². The third kappa shape index (κ3) is 4.73. The lowest BCUT2D eigenvalue weighted by Gasteiger charge is -2.27. The van der Waals surface area contributed by atoms with Gasteiger partial charge in [0.25, 0.3) is 0 Å². The summed E-state index contributed by atoms with van der Waals surface area (Å²) in [6, 6.07) is 7.91. The van der Waals surface area contributed by atoms with Crippen LogP contribution in [0.25, 0.3) is 0 Å². The molecular weight excluding hydrogens is 282 g/mol. The van der Waals surface area contributed by atoms with E-state index >= 15 is 0 Å². The number of carbonyl (C=O) groups is 1. The molecule has 1 aromatic carbocycles. The van der Waals surface area contributed by atoms with Crippen LogP contribution in [0.1, 0.15) is 19.4 Å². The number of rotatable bonds is 5. The number of nitrogens with two attached hydrogens (primary N) is 1. The van der Waals surface area contributed by atoms with Crippen molar-refractivity contribution in [3.05, 3.63) is 29.8 Å². The zero-order chi connectivity index (χ0) is 15.2. The quantitative estimate of drug-likeness (QED) is 0.875. The van der Waals surface area contributed by atoms with E-state index in [9.17, 15) is 4.79 Å². The summed E-state index contributed by atoms with van der Waals surface area (Å²) in [6.45, 7) is 6.85. The maximum Gasteiger partial charge on any atom is 0.228 e. The average molecular weight is 307 g/mol. The number of para-hydroxylation sites is 1. The molecule has 1 aromatic rings. The van der Waals surface area contributed by atoms with Gasteiger partial charge in [-0.2, -0.15) is 11.8 Å². The van der Waals surface area contributed by atoms with Crippen molar-refractivity contribution >= 4 is 23.4 Å². The Balaban J connectivity index is 2.04. The Morgan fingerprint density at radius 1 is 1.33 bits per heavy atom. The summed E-state index contributed by atoms with van der Waals surface area (Å²) >= 11 is 2.01. The third-order valence-corrected chi connectivity index (χ3v) is 4.92. The Bertz CT molecular complexity index is 472. The van der Waals surface area contributed by atoms with E-state index in [0.29, 0.717) is 0 Å². The van der Waals surface area contributed by atoms with Crippen molar-refractivity contribution in [3.63, 3.8) is 0 Å². The first kappa shape index (κ1) is 16.3. The average Bonchev–Trinajstić information content (AvgIpc) is 2.49. The van der Waals surface area contributed by atoms with E-state index in [2.05, 4.69) is 16.3 Å². The second-order valence-electron chi connectivity index (χ2n) is 5.68. The molecule has 1 saturated heterocycles. The maximum absolute atomic E-state index is 12.2. The van der Waals surface area contributed by atoms with Gasteiger partial charge in [0.05, 0.1) is 5.92 Å². The van der Waals surface area contributed by atoms with E-state index in [-0.39, 0.29) is 17.9 Å². The molecule has 116 valence electrons. The Hall–Kier alpha value is -1.04. The van der Waals surface area contributed by atoms with E-state index in [4.69, 9.17) is 5.73 Å². The van der Waals surface area contributed by atoms with Crippen LogP contribution in [0.15, 0.2) is 24.3 Å². The lowest BCUT2D eigenvalue weighted by atomic mass is 10.0. The van der Waals surface area contributed by atoms with Crippen LogP contribution in [0.3, 0.4) is 0 Å². The van der Waals surface area contributed by atoms with Crippen LogP contribution in [0, 0.1) is 5.92 Å². The number of nitrogens with zero attached hydrogens (tertiary/aromatic N) is 1. The van der Waals surface area contributed by atoms with E-state index in [0.717, 1.165) is 25.3 Å². The van der Waals surface area contributed by atoms with Crippen molar-refractivity contribution in [1.82, 2.24) is 4.90 Å². The highest BCUT2D eigenvalue weighted by atomic mass is 32.2. The van der Waals surface area contributed by atoms with Crippen LogP contribution < -0.4 is 11.1 Å². The van der Waals surface area contributed by atoms with Crippen molar-refractivity contribution in [2.45, 2.75) is 26.4 Å². The Labute approximate surface area is 131 Å². The summed E-state index contributed by atoms with van der Waals surface area (Å²) in [5, 5.41) is 3.03. The highest BCUT2D eigenvalue weighted by molar-refractivity contribution is 7.99. The van der Waals surface area contributed by atoms with Crippen molar-refractivity contribution < 1.29 is 4.79 Å². The zero-order valence-electron chi connectivity index (χ0n) is 12.8. The van der Waals surface area contributed by atoms with Crippen LogP contribution in [-0.4, -0.2) is 41.4 Å². The summed E-state index contributed by atoms with van der Waals surface area (Å²) in [5.41, 5.74) is 7.89. The molecule has 1 fully saturated rings. The topological polar surface area (TPSA) is 58.4 Å². The van der Waals surface area contributed by atoms with Gasteiger partial charge in [-0.05, 0) is 18.6 Å². The predicted octanol–water partition coefficient (Wildman–Crippen LogP) is 2.16. The SMILES string of the molecule is CC(N)C(C)C(=O)Nc1ccccc1CN1CCSCC1. The number of amides is 1. The highest BCUT2D eigenvalue weighted by Crippen LogP contribution is 2.20. The second kappa shape index (κ2) is 7.82. The molecule has 0 aromatic heterocycles. The minimum absolute atomic E-state index is 0.00773. The standard InChI is InChI=1S/C16H25N3OS/c1-12(13(2)17)16(20)18-15-6-4-3-5-14(15)11-19-7-9-21-10-8-19/h3-6,12-13H,7-11,17H2,1-2H3,(H,18,20). The first-order valence-electron chi connectivity index (χ1n) is 7.52. The van der Waals surface area contributed by atoms with Gasteiger partial charge in [0.15, 0.2) is 0 Å². The van der Waals surface area contributed by atoms with Gasteiger partial charge < -0.3 is 11.1 Å². The predicted molar refractivity (Wildman–Crippen MR) is 90.5 cm³/mol. The smallest absolute Gasteiger partial charge is 0.228 e. The summed E-state index contributed by atoms with van der Waals surface area (Å²) in [7, 11) is 0. The van der Waals surface area contributed by atoms with E-state index in [1.54, 1.807) is 0 Å². The van der Waals surface area contributed by atoms with Gasteiger partial charge >= 0.3 is 0 Å². The minimum atomic E-state index is -0.190. The van der Waals surface area contributed by atoms with Crippen LogP contribution in [0.5, 0.6) is 0 Å². The fourth-order valence-electron chi connectivity index (χ4n) is 2.27. The van der Waals surface area contributed by atoms with E-state index in [1.165, 1.54) is 17.1 Å². The summed E-state index contributed by atoms with van der Waals surface area (Å²) in [4.78, 5) is 14.6. The molecule has 1 amide bonds. The van der Waals surface area contributed by atoms with Gasteiger partial charge in [-0.15, -0.1) is 0 Å². The fourth-order valence-corrected chi connectivity index (χ4v) is 3.24. The molecule has 0 aliphatic carbocycles. The lowest BCUT2D eigenvalue weighted by Crippen LogP contribution is -2.35. The Kier molecular flexibility index (Phi) is 6.08. The number of benzene rings is 1. The summed E-state index contributed by atoms with van der Waals surface area (Å²) < 4.78 is 0. The van der Waals surface area contributed by atoms with E-state index in [1.807, 2.05) is 43.8 Å². The molecule has 1 aliphatic heterocycles. The van der Waals surface area contributed by atoms with Gasteiger partial charge in [-0.1, -0.05) is 25.1 Å². The highest BCUT2D eigenvalue weighted by Gasteiger charge is 2.19. The van der Waals surface area contributed by atoms with Crippen molar-refractivity contribution in [1.29, 1.82) is 0 Å². The molecule has 4 nitrogen and oxygen atoms in total.